The highest BCUT2D eigenvalue weighted by atomic mass is 35.5. The number of hydrogen-bond acceptors (Lipinski definition) is 5. The monoisotopic (exact) mass is 307 g/mol. The molecular formula is C14H14ClN3OS. The highest BCUT2D eigenvalue weighted by Gasteiger charge is 2.10. The summed E-state index contributed by atoms with van der Waals surface area (Å²) in [5.41, 5.74) is 3.72. The number of anilines is 2. The molecule has 0 amide bonds. The third-order valence-electron chi connectivity index (χ3n) is 2.98. The second-order valence-corrected chi connectivity index (χ2v) is 5.93. The van der Waals surface area contributed by atoms with E-state index in [0.717, 1.165) is 21.9 Å². The SMILES string of the molecule is CC(C)c1ccc2oc(Nc3nc(CCl)cs3)nc2c1. The van der Waals surface area contributed by atoms with Gasteiger partial charge in [0.25, 0.3) is 0 Å². The third-order valence-corrected chi connectivity index (χ3v) is 4.06. The first-order valence-electron chi connectivity index (χ1n) is 6.33. The van der Waals surface area contributed by atoms with E-state index < -0.39 is 0 Å². The van der Waals surface area contributed by atoms with Crippen molar-refractivity contribution in [2.75, 3.05) is 5.32 Å². The van der Waals surface area contributed by atoms with E-state index in [0.29, 0.717) is 17.8 Å². The van der Waals surface area contributed by atoms with Crippen molar-refractivity contribution >= 4 is 45.2 Å². The molecule has 0 unspecified atom stereocenters. The summed E-state index contributed by atoms with van der Waals surface area (Å²) >= 11 is 7.21. The van der Waals surface area contributed by atoms with Crippen LogP contribution < -0.4 is 5.32 Å². The number of thiazole rings is 1. The second-order valence-electron chi connectivity index (χ2n) is 4.80. The zero-order chi connectivity index (χ0) is 14.1. The van der Waals surface area contributed by atoms with E-state index in [2.05, 4.69) is 41.3 Å². The average molecular weight is 308 g/mol. The molecule has 4 nitrogen and oxygen atoms in total. The first kappa shape index (κ1) is 13.4. The maximum atomic E-state index is 5.73. The molecule has 3 rings (SSSR count). The van der Waals surface area contributed by atoms with Crippen LogP contribution in [0.1, 0.15) is 31.0 Å². The van der Waals surface area contributed by atoms with Crippen LogP contribution >= 0.6 is 22.9 Å². The summed E-state index contributed by atoms with van der Waals surface area (Å²) < 4.78 is 5.66. The van der Waals surface area contributed by atoms with Gasteiger partial charge in [-0.05, 0) is 23.6 Å². The van der Waals surface area contributed by atoms with E-state index in [-0.39, 0.29) is 0 Å². The molecule has 2 aromatic heterocycles. The molecule has 0 aliphatic carbocycles. The Morgan fingerprint density at radius 1 is 1.35 bits per heavy atom. The Balaban J connectivity index is 1.88. The summed E-state index contributed by atoms with van der Waals surface area (Å²) in [7, 11) is 0. The standard InChI is InChI=1S/C14H14ClN3OS/c1-8(2)9-3-4-12-11(5-9)17-13(19-12)18-14-16-10(6-15)7-20-14/h3-5,7-8H,6H2,1-2H3,(H,16,17,18). The Bertz CT molecular complexity index is 735. The van der Waals surface area contributed by atoms with Crippen molar-refractivity contribution < 1.29 is 4.42 Å². The Morgan fingerprint density at radius 3 is 2.90 bits per heavy atom. The van der Waals surface area contributed by atoms with Gasteiger partial charge in [0.2, 0.25) is 0 Å². The summed E-state index contributed by atoms with van der Waals surface area (Å²) in [4.78, 5) is 8.76. The molecule has 0 fully saturated rings. The number of rotatable bonds is 4. The quantitative estimate of drug-likeness (QED) is 0.697. The van der Waals surface area contributed by atoms with Gasteiger partial charge in [-0.2, -0.15) is 4.98 Å². The van der Waals surface area contributed by atoms with Gasteiger partial charge in [-0.15, -0.1) is 22.9 Å². The molecule has 0 radical (unpaired) electrons. The molecule has 0 saturated heterocycles. The van der Waals surface area contributed by atoms with Gasteiger partial charge in [-0.3, -0.25) is 5.32 Å². The van der Waals surface area contributed by atoms with Gasteiger partial charge in [-0.25, -0.2) is 4.98 Å². The van der Waals surface area contributed by atoms with Crippen molar-refractivity contribution in [2.45, 2.75) is 25.6 Å². The van der Waals surface area contributed by atoms with Crippen LogP contribution in [-0.2, 0) is 5.88 Å². The Hall–Kier alpha value is -1.59. The lowest BCUT2D eigenvalue weighted by atomic mass is 10.0. The number of aromatic nitrogens is 2. The molecule has 1 N–H and O–H groups in total. The second kappa shape index (κ2) is 5.42. The number of hydrogen-bond donors (Lipinski definition) is 1. The van der Waals surface area contributed by atoms with E-state index in [1.54, 1.807) is 0 Å². The maximum absolute atomic E-state index is 5.73. The molecule has 0 aliphatic heterocycles. The lowest BCUT2D eigenvalue weighted by Crippen LogP contribution is -1.89. The molecule has 0 atom stereocenters. The largest absolute Gasteiger partial charge is 0.423 e. The zero-order valence-corrected chi connectivity index (χ0v) is 12.8. The highest BCUT2D eigenvalue weighted by Crippen LogP contribution is 2.26. The molecule has 6 heteroatoms. The fourth-order valence-electron chi connectivity index (χ4n) is 1.87. The first-order valence-corrected chi connectivity index (χ1v) is 7.75. The van der Waals surface area contributed by atoms with Crippen LogP contribution in [0.5, 0.6) is 0 Å². The molecule has 2 heterocycles. The summed E-state index contributed by atoms with van der Waals surface area (Å²) in [5, 5.41) is 5.71. The lowest BCUT2D eigenvalue weighted by molar-refractivity contribution is 0.623. The predicted molar refractivity (Wildman–Crippen MR) is 83.1 cm³/mol. The number of oxazole rings is 1. The van der Waals surface area contributed by atoms with Crippen molar-refractivity contribution in [1.82, 2.24) is 9.97 Å². The van der Waals surface area contributed by atoms with Crippen molar-refractivity contribution in [1.29, 1.82) is 0 Å². The molecule has 0 saturated carbocycles. The molecule has 1 aromatic carbocycles. The molecule has 0 aliphatic rings. The van der Waals surface area contributed by atoms with E-state index >= 15 is 0 Å². The minimum absolute atomic E-state index is 0.406. The van der Waals surface area contributed by atoms with Crippen molar-refractivity contribution in [3.8, 4) is 0 Å². The van der Waals surface area contributed by atoms with Gasteiger partial charge >= 0.3 is 6.01 Å². The summed E-state index contributed by atoms with van der Waals surface area (Å²) in [5.74, 6) is 0.876. The number of nitrogens with one attached hydrogen (secondary N) is 1. The number of halogens is 1. The highest BCUT2D eigenvalue weighted by molar-refractivity contribution is 7.13. The van der Waals surface area contributed by atoms with E-state index in [9.17, 15) is 0 Å². The molecule has 20 heavy (non-hydrogen) atoms. The Morgan fingerprint density at radius 2 is 2.20 bits per heavy atom. The predicted octanol–water partition coefficient (Wildman–Crippen LogP) is 4.89. The van der Waals surface area contributed by atoms with Crippen LogP contribution in [0, 0.1) is 0 Å². The van der Waals surface area contributed by atoms with Crippen LogP contribution in [0.4, 0.5) is 11.1 Å². The van der Waals surface area contributed by atoms with Crippen LogP contribution in [0.25, 0.3) is 11.1 Å². The Labute approximate surface area is 125 Å². The normalized spacial score (nSPS) is 11.4. The van der Waals surface area contributed by atoms with Crippen LogP contribution in [-0.4, -0.2) is 9.97 Å². The van der Waals surface area contributed by atoms with Crippen LogP contribution in [0.3, 0.4) is 0 Å². The topological polar surface area (TPSA) is 51.0 Å². The van der Waals surface area contributed by atoms with E-state index in [1.807, 2.05) is 11.4 Å². The maximum Gasteiger partial charge on any atom is 0.302 e. The number of alkyl halides is 1. The third kappa shape index (κ3) is 2.64. The van der Waals surface area contributed by atoms with Gasteiger partial charge < -0.3 is 4.42 Å². The van der Waals surface area contributed by atoms with Gasteiger partial charge in [-0.1, -0.05) is 19.9 Å². The molecule has 0 spiro atoms. The van der Waals surface area contributed by atoms with E-state index in [1.165, 1.54) is 16.9 Å². The average Bonchev–Trinajstić information content (AvgIpc) is 3.03. The molecule has 0 bridgehead atoms. The summed E-state index contributed by atoms with van der Waals surface area (Å²) in [6.45, 7) is 4.31. The summed E-state index contributed by atoms with van der Waals surface area (Å²) in [6.07, 6.45) is 0. The van der Waals surface area contributed by atoms with Gasteiger partial charge in [0.15, 0.2) is 10.7 Å². The minimum atomic E-state index is 0.406. The number of fused-ring (bicyclic) bond motifs is 1. The fraction of sp³-hybridized carbons (Fsp3) is 0.286. The molecule has 104 valence electrons. The molecule has 3 aromatic rings. The number of nitrogens with zero attached hydrogens (tertiary/aromatic N) is 2. The lowest BCUT2D eigenvalue weighted by Gasteiger charge is -2.02. The number of benzene rings is 1. The smallest absolute Gasteiger partial charge is 0.302 e. The van der Waals surface area contributed by atoms with Crippen molar-refractivity contribution in [3.05, 3.63) is 34.8 Å². The minimum Gasteiger partial charge on any atom is -0.423 e. The van der Waals surface area contributed by atoms with Gasteiger partial charge in [0.05, 0.1) is 11.6 Å². The van der Waals surface area contributed by atoms with Gasteiger partial charge in [0, 0.05) is 5.38 Å². The Kier molecular flexibility index (Phi) is 3.63. The molecular weight excluding hydrogens is 294 g/mol. The van der Waals surface area contributed by atoms with E-state index in [4.69, 9.17) is 16.0 Å². The fourth-order valence-corrected chi connectivity index (χ4v) is 2.80. The summed E-state index contributed by atoms with van der Waals surface area (Å²) in [6, 6.07) is 6.53. The van der Waals surface area contributed by atoms with Crippen molar-refractivity contribution in [2.24, 2.45) is 0 Å². The van der Waals surface area contributed by atoms with Crippen molar-refractivity contribution in [3.63, 3.8) is 0 Å². The van der Waals surface area contributed by atoms with Crippen LogP contribution in [0.15, 0.2) is 28.0 Å². The first-order chi connectivity index (χ1) is 9.65. The van der Waals surface area contributed by atoms with Crippen LogP contribution in [0.2, 0.25) is 0 Å². The van der Waals surface area contributed by atoms with Gasteiger partial charge in [0.1, 0.15) is 5.52 Å². The zero-order valence-electron chi connectivity index (χ0n) is 11.2.